The second-order valence-electron chi connectivity index (χ2n) is 4.27. The number of oxime groups is 1. The number of amides is 1. The molecule has 2 aromatic rings. The number of carbonyl (C=O) groups excluding carboxylic acids is 1. The summed E-state index contributed by atoms with van der Waals surface area (Å²) in [6.45, 7) is 0.442. The predicted octanol–water partition coefficient (Wildman–Crippen LogP) is 1.23. The lowest BCUT2D eigenvalue weighted by Crippen LogP contribution is -2.24. The van der Waals surface area contributed by atoms with Gasteiger partial charge in [-0.05, 0) is 11.6 Å². The van der Waals surface area contributed by atoms with E-state index in [0.717, 1.165) is 11.1 Å². The maximum atomic E-state index is 11.8. The first-order valence-corrected chi connectivity index (χ1v) is 6.03. The molecule has 4 N–H and O–H groups in total. The predicted molar refractivity (Wildman–Crippen MR) is 73.2 cm³/mol. The highest BCUT2D eigenvalue weighted by Crippen LogP contribution is 2.05. The molecule has 0 atom stereocenters. The van der Waals surface area contributed by atoms with Crippen LogP contribution < -0.4 is 11.1 Å². The number of carbonyl (C=O) groups is 1. The lowest BCUT2D eigenvalue weighted by Gasteiger charge is -2.05. The van der Waals surface area contributed by atoms with Crippen LogP contribution in [0.15, 0.2) is 52.4 Å². The van der Waals surface area contributed by atoms with Crippen LogP contribution >= 0.6 is 0 Å². The maximum absolute atomic E-state index is 11.8. The topological polar surface area (TPSA) is 101 Å². The molecule has 104 valence electrons. The highest BCUT2D eigenvalue weighted by Gasteiger charge is 2.05. The molecule has 0 saturated heterocycles. The van der Waals surface area contributed by atoms with Gasteiger partial charge in [0.15, 0.2) is 5.84 Å². The first-order valence-electron chi connectivity index (χ1n) is 6.03. The van der Waals surface area contributed by atoms with Crippen molar-refractivity contribution in [2.45, 2.75) is 13.0 Å². The summed E-state index contributed by atoms with van der Waals surface area (Å²) in [6, 6.07) is 8.74. The van der Waals surface area contributed by atoms with E-state index in [1.165, 1.54) is 0 Å². The van der Waals surface area contributed by atoms with Crippen LogP contribution in [0.2, 0.25) is 0 Å². The summed E-state index contributed by atoms with van der Waals surface area (Å²) in [7, 11) is 0. The van der Waals surface area contributed by atoms with Crippen molar-refractivity contribution >= 4 is 11.7 Å². The molecule has 1 aromatic carbocycles. The van der Waals surface area contributed by atoms with Crippen molar-refractivity contribution in [3.05, 3.63) is 59.5 Å². The number of hydrogen-bond acceptors (Lipinski definition) is 4. The van der Waals surface area contributed by atoms with E-state index in [4.69, 9.17) is 15.4 Å². The van der Waals surface area contributed by atoms with Gasteiger partial charge >= 0.3 is 0 Å². The second kappa shape index (κ2) is 6.42. The number of nitrogens with zero attached hydrogens (tertiary/aromatic N) is 1. The monoisotopic (exact) mass is 273 g/mol. The molecule has 0 bridgehead atoms. The third kappa shape index (κ3) is 3.61. The highest BCUT2D eigenvalue weighted by atomic mass is 16.4. The van der Waals surface area contributed by atoms with Crippen molar-refractivity contribution in [3.8, 4) is 0 Å². The Labute approximate surface area is 115 Å². The first-order chi connectivity index (χ1) is 9.69. The summed E-state index contributed by atoms with van der Waals surface area (Å²) < 4.78 is 4.92. The molecule has 0 aliphatic rings. The third-order valence-corrected chi connectivity index (χ3v) is 2.79. The average molecular weight is 273 g/mol. The van der Waals surface area contributed by atoms with E-state index in [9.17, 15) is 4.79 Å². The van der Waals surface area contributed by atoms with Crippen molar-refractivity contribution < 1.29 is 14.4 Å². The molecule has 1 amide bonds. The molecule has 0 unspecified atom stereocenters. The number of rotatable bonds is 5. The molecule has 0 aliphatic carbocycles. The molecule has 6 heteroatoms. The lowest BCUT2D eigenvalue weighted by atomic mass is 10.1. The molecule has 1 aromatic heterocycles. The van der Waals surface area contributed by atoms with E-state index < -0.39 is 0 Å². The van der Waals surface area contributed by atoms with Crippen LogP contribution in [0.1, 0.15) is 16.7 Å². The normalized spacial score (nSPS) is 11.3. The summed E-state index contributed by atoms with van der Waals surface area (Å²) in [6.07, 6.45) is 3.42. The van der Waals surface area contributed by atoms with Crippen molar-refractivity contribution in [1.29, 1.82) is 0 Å². The van der Waals surface area contributed by atoms with Crippen LogP contribution in [0.4, 0.5) is 0 Å². The molecule has 0 saturated carbocycles. The van der Waals surface area contributed by atoms with E-state index in [-0.39, 0.29) is 18.2 Å². The Kier molecular flexibility index (Phi) is 4.39. The average Bonchev–Trinajstić information content (AvgIpc) is 2.98. The highest BCUT2D eigenvalue weighted by molar-refractivity contribution is 5.97. The van der Waals surface area contributed by atoms with Gasteiger partial charge in [0, 0.05) is 17.7 Å². The SMILES string of the molecule is N/C(=N/O)c1ccc(CC(=O)NCc2ccoc2)cc1. The van der Waals surface area contributed by atoms with Crippen molar-refractivity contribution in [2.75, 3.05) is 0 Å². The van der Waals surface area contributed by atoms with Gasteiger partial charge in [-0.15, -0.1) is 0 Å². The van der Waals surface area contributed by atoms with Gasteiger partial charge in [-0.1, -0.05) is 29.4 Å². The molecular formula is C14H15N3O3. The van der Waals surface area contributed by atoms with Crippen LogP contribution in [-0.2, 0) is 17.8 Å². The van der Waals surface area contributed by atoms with Gasteiger partial charge in [0.1, 0.15) is 0 Å². The minimum absolute atomic E-state index is 0.0426. The molecule has 0 spiro atoms. The summed E-state index contributed by atoms with van der Waals surface area (Å²) >= 11 is 0. The molecule has 0 radical (unpaired) electrons. The molecule has 2 rings (SSSR count). The van der Waals surface area contributed by atoms with Crippen LogP contribution in [0.3, 0.4) is 0 Å². The number of nitrogens with one attached hydrogen (secondary N) is 1. The molecular weight excluding hydrogens is 258 g/mol. The van der Waals surface area contributed by atoms with Crippen molar-refractivity contribution in [3.63, 3.8) is 0 Å². The minimum Gasteiger partial charge on any atom is -0.472 e. The van der Waals surface area contributed by atoms with Gasteiger partial charge in [-0.3, -0.25) is 4.79 Å². The minimum atomic E-state index is -0.0808. The van der Waals surface area contributed by atoms with Gasteiger partial charge in [-0.25, -0.2) is 0 Å². The quantitative estimate of drug-likeness (QED) is 0.330. The summed E-state index contributed by atoms with van der Waals surface area (Å²) in [4.78, 5) is 11.8. The molecule has 1 heterocycles. The fourth-order valence-electron chi connectivity index (χ4n) is 1.69. The number of furan rings is 1. The Bertz CT molecular complexity index is 589. The number of hydrogen-bond donors (Lipinski definition) is 3. The van der Waals surface area contributed by atoms with Gasteiger partial charge in [0.25, 0.3) is 0 Å². The van der Waals surface area contributed by atoms with Crippen LogP contribution in [0.25, 0.3) is 0 Å². The Morgan fingerprint density at radius 2 is 2.00 bits per heavy atom. The van der Waals surface area contributed by atoms with Crippen molar-refractivity contribution in [1.82, 2.24) is 5.32 Å². The standard InChI is InChI=1S/C14H15N3O3/c15-14(17-19)12-3-1-10(2-4-12)7-13(18)16-8-11-5-6-20-9-11/h1-6,9,19H,7-8H2,(H2,15,17)(H,16,18). The lowest BCUT2D eigenvalue weighted by molar-refractivity contribution is -0.120. The van der Waals surface area contributed by atoms with Crippen molar-refractivity contribution in [2.24, 2.45) is 10.9 Å². The second-order valence-corrected chi connectivity index (χ2v) is 4.27. The maximum Gasteiger partial charge on any atom is 0.224 e. The van der Waals surface area contributed by atoms with Crippen LogP contribution in [-0.4, -0.2) is 17.0 Å². The Hall–Kier alpha value is -2.76. The van der Waals surface area contributed by atoms with E-state index >= 15 is 0 Å². The molecule has 6 nitrogen and oxygen atoms in total. The van der Waals surface area contributed by atoms with E-state index in [1.54, 1.807) is 42.9 Å². The van der Waals surface area contributed by atoms with Crippen LogP contribution in [0, 0.1) is 0 Å². The number of benzene rings is 1. The van der Waals surface area contributed by atoms with Gasteiger partial charge < -0.3 is 20.7 Å². The molecule has 0 fully saturated rings. The number of nitrogens with two attached hydrogens (primary N) is 1. The zero-order valence-electron chi connectivity index (χ0n) is 10.7. The summed E-state index contributed by atoms with van der Waals surface area (Å²) in [5, 5.41) is 14.3. The summed E-state index contributed by atoms with van der Waals surface area (Å²) in [5.74, 6) is -0.0382. The zero-order valence-corrected chi connectivity index (χ0v) is 10.7. The Morgan fingerprint density at radius 1 is 1.25 bits per heavy atom. The Morgan fingerprint density at radius 3 is 2.60 bits per heavy atom. The molecule has 20 heavy (non-hydrogen) atoms. The van der Waals surface area contributed by atoms with E-state index in [2.05, 4.69) is 10.5 Å². The zero-order chi connectivity index (χ0) is 14.4. The third-order valence-electron chi connectivity index (χ3n) is 2.79. The van der Waals surface area contributed by atoms with Crippen LogP contribution in [0.5, 0.6) is 0 Å². The fraction of sp³-hybridized carbons (Fsp3) is 0.143. The fourth-order valence-corrected chi connectivity index (χ4v) is 1.69. The largest absolute Gasteiger partial charge is 0.472 e. The van der Waals surface area contributed by atoms with E-state index in [0.29, 0.717) is 12.1 Å². The Balaban J connectivity index is 1.88. The summed E-state index contributed by atoms with van der Waals surface area (Å²) in [5.41, 5.74) is 7.83. The first kappa shape index (κ1) is 13.7. The smallest absolute Gasteiger partial charge is 0.224 e. The van der Waals surface area contributed by atoms with Gasteiger partial charge in [0.05, 0.1) is 18.9 Å². The van der Waals surface area contributed by atoms with Gasteiger partial charge in [0.2, 0.25) is 5.91 Å². The number of amidine groups is 1. The van der Waals surface area contributed by atoms with E-state index in [1.807, 2.05) is 0 Å². The van der Waals surface area contributed by atoms with Gasteiger partial charge in [-0.2, -0.15) is 0 Å². The molecule has 0 aliphatic heterocycles.